The second kappa shape index (κ2) is 6.17. The van der Waals surface area contributed by atoms with Crippen LogP contribution in [0.4, 0.5) is 0 Å². The molecule has 5 heteroatoms. The van der Waals surface area contributed by atoms with Crippen LogP contribution in [-0.4, -0.2) is 21.9 Å². The Morgan fingerprint density at radius 2 is 2.05 bits per heavy atom. The zero-order chi connectivity index (χ0) is 13.3. The van der Waals surface area contributed by atoms with Crippen molar-refractivity contribution in [2.24, 2.45) is 11.7 Å². The van der Waals surface area contributed by atoms with Gasteiger partial charge in [-0.3, -0.25) is 4.79 Å². The zero-order valence-corrected chi connectivity index (χ0v) is 12.3. The SMILES string of the molecule is CC(CN)C(=O)c1c(C(C)C)nn2ccccc12.Cl. The summed E-state index contributed by atoms with van der Waals surface area (Å²) in [6, 6.07) is 5.76. The van der Waals surface area contributed by atoms with Crippen LogP contribution in [0.15, 0.2) is 24.4 Å². The van der Waals surface area contributed by atoms with E-state index in [1.807, 2.05) is 45.2 Å². The lowest BCUT2D eigenvalue weighted by atomic mass is 9.94. The Bertz CT molecular complexity index is 577. The van der Waals surface area contributed by atoms with Crippen LogP contribution in [0.2, 0.25) is 0 Å². The van der Waals surface area contributed by atoms with E-state index in [-0.39, 0.29) is 30.0 Å². The number of hydrogen-bond donors (Lipinski definition) is 1. The number of rotatable bonds is 4. The summed E-state index contributed by atoms with van der Waals surface area (Å²) < 4.78 is 1.77. The van der Waals surface area contributed by atoms with Gasteiger partial charge in [0.2, 0.25) is 0 Å². The van der Waals surface area contributed by atoms with Crippen molar-refractivity contribution in [3.63, 3.8) is 0 Å². The van der Waals surface area contributed by atoms with Crippen molar-refractivity contribution in [2.45, 2.75) is 26.7 Å². The molecule has 0 radical (unpaired) electrons. The number of halogens is 1. The van der Waals surface area contributed by atoms with Crippen LogP contribution in [0.5, 0.6) is 0 Å². The predicted octanol–water partition coefficient (Wildman–Crippen LogP) is 2.66. The zero-order valence-electron chi connectivity index (χ0n) is 11.5. The molecular weight excluding hydrogens is 262 g/mol. The van der Waals surface area contributed by atoms with Crippen molar-refractivity contribution in [3.05, 3.63) is 35.7 Å². The first kappa shape index (κ1) is 15.7. The second-order valence-corrected chi connectivity index (χ2v) is 4.95. The topological polar surface area (TPSA) is 60.4 Å². The maximum atomic E-state index is 12.4. The van der Waals surface area contributed by atoms with E-state index in [0.29, 0.717) is 6.54 Å². The van der Waals surface area contributed by atoms with Gasteiger partial charge in [-0.15, -0.1) is 12.4 Å². The second-order valence-electron chi connectivity index (χ2n) is 4.95. The lowest BCUT2D eigenvalue weighted by Gasteiger charge is -2.09. The van der Waals surface area contributed by atoms with Crippen LogP contribution < -0.4 is 5.73 Å². The van der Waals surface area contributed by atoms with E-state index in [0.717, 1.165) is 16.8 Å². The van der Waals surface area contributed by atoms with Crippen LogP contribution in [0.25, 0.3) is 5.52 Å². The standard InChI is InChI=1S/C14H19N3O.ClH/c1-9(2)13-12(14(18)10(3)8-15)11-6-4-5-7-17(11)16-13;/h4-7,9-10H,8,15H2,1-3H3;1H. The number of hydrogen-bond acceptors (Lipinski definition) is 3. The molecule has 1 unspecified atom stereocenters. The molecule has 2 heterocycles. The fourth-order valence-electron chi connectivity index (χ4n) is 2.03. The maximum Gasteiger partial charge on any atom is 0.171 e. The van der Waals surface area contributed by atoms with Gasteiger partial charge in [0.05, 0.1) is 16.8 Å². The van der Waals surface area contributed by atoms with Gasteiger partial charge in [0.25, 0.3) is 0 Å². The van der Waals surface area contributed by atoms with Gasteiger partial charge in [0.1, 0.15) is 0 Å². The summed E-state index contributed by atoms with van der Waals surface area (Å²) in [7, 11) is 0. The van der Waals surface area contributed by atoms with E-state index in [9.17, 15) is 4.79 Å². The van der Waals surface area contributed by atoms with Crippen molar-refractivity contribution < 1.29 is 4.79 Å². The highest BCUT2D eigenvalue weighted by molar-refractivity contribution is 6.05. The highest BCUT2D eigenvalue weighted by Gasteiger charge is 2.24. The van der Waals surface area contributed by atoms with Crippen molar-refractivity contribution in [3.8, 4) is 0 Å². The van der Waals surface area contributed by atoms with Gasteiger partial charge < -0.3 is 5.73 Å². The summed E-state index contributed by atoms with van der Waals surface area (Å²) in [4.78, 5) is 12.4. The number of carbonyl (C=O) groups is 1. The number of nitrogens with two attached hydrogens (primary N) is 1. The molecule has 2 aromatic rings. The summed E-state index contributed by atoms with van der Waals surface area (Å²) in [6.07, 6.45) is 1.87. The Morgan fingerprint density at radius 1 is 1.37 bits per heavy atom. The molecule has 2 rings (SSSR count). The molecule has 0 fully saturated rings. The maximum absolute atomic E-state index is 12.4. The Hall–Kier alpha value is -1.39. The highest BCUT2D eigenvalue weighted by atomic mass is 35.5. The van der Waals surface area contributed by atoms with Gasteiger partial charge in [-0.25, -0.2) is 4.52 Å². The molecule has 0 aliphatic heterocycles. The van der Waals surface area contributed by atoms with E-state index in [4.69, 9.17) is 5.73 Å². The van der Waals surface area contributed by atoms with Crippen molar-refractivity contribution in [1.29, 1.82) is 0 Å². The molecule has 0 aromatic carbocycles. The molecule has 0 bridgehead atoms. The number of fused-ring (bicyclic) bond motifs is 1. The molecule has 0 saturated heterocycles. The molecule has 0 saturated carbocycles. The van der Waals surface area contributed by atoms with E-state index in [1.165, 1.54) is 0 Å². The van der Waals surface area contributed by atoms with Crippen LogP contribution in [0.1, 0.15) is 42.7 Å². The van der Waals surface area contributed by atoms with Crippen molar-refractivity contribution >= 4 is 23.7 Å². The van der Waals surface area contributed by atoms with Gasteiger partial charge >= 0.3 is 0 Å². The van der Waals surface area contributed by atoms with Crippen LogP contribution in [-0.2, 0) is 0 Å². The minimum atomic E-state index is -0.171. The summed E-state index contributed by atoms with van der Waals surface area (Å²) in [6.45, 7) is 6.32. The first-order valence-corrected chi connectivity index (χ1v) is 6.27. The fourth-order valence-corrected chi connectivity index (χ4v) is 2.03. The molecule has 104 valence electrons. The third kappa shape index (κ3) is 2.80. The molecule has 0 spiro atoms. The number of ketones is 1. The van der Waals surface area contributed by atoms with Gasteiger partial charge in [-0.1, -0.05) is 26.8 Å². The van der Waals surface area contributed by atoms with Crippen LogP contribution >= 0.6 is 12.4 Å². The Balaban J connectivity index is 0.00000180. The summed E-state index contributed by atoms with van der Waals surface area (Å²) in [5.74, 6) is 0.131. The Morgan fingerprint density at radius 3 is 2.63 bits per heavy atom. The Kier molecular flexibility index (Phi) is 5.09. The van der Waals surface area contributed by atoms with E-state index < -0.39 is 0 Å². The smallest absolute Gasteiger partial charge is 0.171 e. The fraction of sp³-hybridized carbons (Fsp3) is 0.429. The third-order valence-corrected chi connectivity index (χ3v) is 3.16. The molecule has 2 aromatic heterocycles. The van der Waals surface area contributed by atoms with Gasteiger partial charge in [0.15, 0.2) is 5.78 Å². The van der Waals surface area contributed by atoms with Crippen molar-refractivity contribution in [2.75, 3.05) is 6.54 Å². The quantitative estimate of drug-likeness (QED) is 0.877. The summed E-state index contributed by atoms with van der Waals surface area (Å²) in [5.41, 5.74) is 8.05. The monoisotopic (exact) mass is 281 g/mol. The van der Waals surface area contributed by atoms with Crippen molar-refractivity contribution in [1.82, 2.24) is 9.61 Å². The predicted molar refractivity (Wildman–Crippen MR) is 79.1 cm³/mol. The third-order valence-electron chi connectivity index (χ3n) is 3.16. The molecule has 4 nitrogen and oxygen atoms in total. The van der Waals surface area contributed by atoms with E-state index in [1.54, 1.807) is 4.52 Å². The number of Topliss-reactive ketones (excluding diaryl/α,β-unsaturated/α-hetero) is 1. The molecule has 0 amide bonds. The largest absolute Gasteiger partial charge is 0.330 e. The number of aromatic nitrogens is 2. The molecule has 2 N–H and O–H groups in total. The van der Waals surface area contributed by atoms with E-state index >= 15 is 0 Å². The molecule has 19 heavy (non-hydrogen) atoms. The van der Waals surface area contributed by atoms with Crippen LogP contribution in [0, 0.1) is 5.92 Å². The van der Waals surface area contributed by atoms with Gasteiger partial charge in [-0.05, 0) is 18.1 Å². The average molecular weight is 282 g/mol. The van der Waals surface area contributed by atoms with Crippen LogP contribution in [0.3, 0.4) is 0 Å². The lowest BCUT2D eigenvalue weighted by Crippen LogP contribution is -2.21. The first-order chi connectivity index (χ1) is 8.56. The Labute approximate surface area is 119 Å². The average Bonchev–Trinajstić information content (AvgIpc) is 2.76. The molecular formula is C14H20ClN3O. The number of nitrogens with zero attached hydrogens (tertiary/aromatic N) is 2. The molecule has 1 atom stereocenters. The lowest BCUT2D eigenvalue weighted by molar-refractivity contribution is 0.0934. The minimum absolute atomic E-state index is 0. The number of carbonyl (C=O) groups excluding carboxylic acids is 1. The number of pyridine rings is 1. The summed E-state index contributed by atoms with van der Waals surface area (Å²) >= 11 is 0. The van der Waals surface area contributed by atoms with E-state index in [2.05, 4.69) is 5.10 Å². The normalized spacial score (nSPS) is 12.5. The van der Waals surface area contributed by atoms with Gasteiger partial charge in [-0.2, -0.15) is 5.10 Å². The molecule has 0 aliphatic carbocycles. The highest BCUT2D eigenvalue weighted by Crippen LogP contribution is 2.25. The minimum Gasteiger partial charge on any atom is -0.330 e. The summed E-state index contributed by atoms with van der Waals surface area (Å²) in [5, 5.41) is 4.50. The first-order valence-electron chi connectivity index (χ1n) is 6.27. The van der Waals surface area contributed by atoms with Gasteiger partial charge in [0, 0.05) is 18.7 Å². The molecule has 0 aliphatic rings.